The topological polar surface area (TPSA) is 398 Å². The van der Waals surface area contributed by atoms with E-state index in [9.17, 15) is 79.2 Å². The lowest BCUT2D eigenvalue weighted by Crippen LogP contribution is -2.35. The second-order valence-electron chi connectivity index (χ2n) is 33.0. The molecule has 736 valence electrons. The first-order valence-corrected chi connectivity index (χ1v) is 47.2. The fraction of sp³-hybridized carbons (Fsp3) is 0.462. The third-order valence-electron chi connectivity index (χ3n) is 24.5. The van der Waals surface area contributed by atoms with Gasteiger partial charge in [0.15, 0.2) is 52.9 Å². The first kappa shape index (κ1) is 106. The number of amides is 8. The van der Waals surface area contributed by atoms with Crippen molar-refractivity contribution in [3.8, 4) is 92.0 Å². The fourth-order valence-corrected chi connectivity index (χ4v) is 17.5. The standard InChI is InChI=1S/C104H136N8O24/c1-17-105(18-2)89(121)57-129-97-65-33-67-43-82(114)45-69(98(67)130-58-90(122)106(19-3)20-4)35-71-47-84(116)49-73(100(71)132-60-92(124)108(23-7)24-8)37-75-51-86(118)53-77(102(75)134-62-94(126)110(27-11)28-12)39-79-55-88(120)56-80(104(79)136-64-96(128)112(31-15)32-16)40-78-54-87(119)52-76(103(78)135-63-95(127)111(29-13)30-14)38-74-50-85(117)48-72(101(74)133-61-93(125)109(25-9)26-10)36-70-46-83(115)44-68(34-66(97)42-81(113)41-65)99(70)131-59-91(123)107(21-5)22-6/h41-56,113-120H,17-40,57-64H2,1-16H3. The van der Waals surface area contributed by atoms with Gasteiger partial charge in [-0.2, -0.15) is 0 Å². The molecule has 9 rings (SSSR count). The van der Waals surface area contributed by atoms with Gasteiger partial charge in [0.05, 0.1) is 0 Å². The summed E-state index contributed by atoms with van der Waals surface area (Å²) in [5, 5.41) is 98.9. The lowest BCUT2D eigenvalue weighted by Gasteiger charge is -2.25. The smallest absolute Gasteiger partial charge is 0.260 e. The van der Waals surface area contributed by atoms with Gasteiger partial charge in [-0.05, 0) is 208 Å². The molecular formula is C104H136N8O24. The van der Waals surface area contributed by atoms with Crippen LogP contribution in [0.2, 0.25) is 0 Å². The van der Waals surface area contributed by atoms with Crippen molar-refractivity contribution in [3.05, 3.63) is 186 Å². The van der Waals surface area contributed by atoms with Crippen LogP contribution < -0.4 is 37.9 Å². The number of carbonyl (C=O) groups is 8. The average Bonchev–Trinajstić information content (AvgIpc) is 0.781. The molecule has 8 aromatic rings. The number of phenols is 8. The summed E-state index contributed by atoms with van der Waals surface area (Å²) in [6, 6.07) is 22.4. The third-order valence-corrected chi connectivity index (χ3v) is 24.5. The summed E-state index contributed by atoms with van der Waals surface area (Å²) in [6.45, 7) is 29.1. The second-order valence-corrected chi connectivity index (χ2v) is 33.0. The summed E-state index contributed by atoms with van der Waals surface area (Å²) in [7, 11) is 0. The maximum Gasteiger partial charge on any atom is 0.260 e. The number of rotatable bonds is 40. The molecular weight excluding hydrogens is 1750 g/mol. The van der Waals surface area contributed by atoms with Crippen molar-refractivity contribution in [2.24, 2.45) is 0 Å². The molecule has 1 aliphatic carbocycles. The number of likely N-dealkylation sites (N-methyl/N-ethyl adjacent to an activating group) is 8. The lowest BCUT2D eigenvalue weighted by atomic mass is 9.90. The van der Waals surface area contributed by atoms with Crippen LogP contribution in [0.4, 0.5) is 0 Å². The quantitative estimate of drug-likeness (QED) is 0.0177. The summed E-state index contributed by atoms with van der Waals surface area (Å²) in [6.07, 6.45) is -2.53. The fourth-order valence-electron chi connectivity index (χ4n) is 17.5. The van der Waals surface area contributed by atoms with E-state index in [1.165, 1.54) is 97.1 Å². The molecule has 0 fully saturated rings. The Morgan fingerprint density at radius 3 is 0.309 bits per heavy atom. The molecule has 0 spiro atoms. The summed E-state index contributed by atoms with van der Waals surface area (Å²) >= 11 is 0. The second kappa shape index (κ2) is 50.6. The van der Waals surface area contributed by atoms with Crippen LogP contribution in [-0.4, -0.2) is 285 Å². The number of aromatic hydroxyl groups is 8. The van der Waals surface area contributed by atoms with E-state index in [-0.39, 0.29) is 232 Å². The van der Waals surface area contributed by atoms with Crippen molar-refractivity contribution < 1.29 is 117 Å². The van der Waals surface area contributed by atoms with Gasteiger partial charge in [-0.25, -0.2) is 0 Å². The Balaban J connectivity index is 1.46. The summed E-state index contributed by atoms with van der Waals surface area (Å²) in [5.41, 5.74) is 2.89. The van der Waals surface area contributed by atoms with Crippen LogP contribution in [0.5, 0.6) is 92.0 Å². The molecule has 0 unspecified atom stereocenters. The number of fused-ring (bicyclic) bond motifs is 16. The minimum atomic E-state index is -0.572. The Morgan fingerprint density at radius 2 is 0.243 bits per heavy atom. The zero-order chi connectivity index (χ0) is 99.3. The number of phenolic OH excluding ortho intramolecular Hbond substituents is 8. The van der Waals surface area contributed by atoms with E-state index in [2.05, 4.69) is 0 Å². The first-order chi connectivity index (χ1) is 65.2. The van der Waals surface area contributed by atoms with Crippen LogP contribution in [0.15, 0.2) is 97.1 Å². The van der Waals surface area contributed by atoms with Gasteiger partial charge < -0.3 is 118 Å². The van der Waals surface area contributed by atoms with Crippen LogP contribution in [0.25, 0.3) is 0 Å². The molecule has 32 nitrogen and oxygen atoms in total. The number of hydrogen-bond acceptors (Lipinski definition) is 24. The SMILES string of the molecule is CCN(CC)C(=O)COc1c2cc(O)cc1Cc1cc(O)cc(c1OCC(=O)N(CC)CC)Cc1cc(O)cc(c1OCC(=O)N(CC)CC)Cc1cc(O)cc(c1OCC(=O)N(CC)CC)Cc1cc(O)cc(c1OCC(=O)N(CC)CC)Cc1cc(O)cc(c1OCC(=O)N(CC)CC)Cc1cc(O)cc(c1OCC(=O)N(CC)CC)Cc1cc(O)cc(c1OCC(=O)N(CC)CC)C2. The summed E-state index contributed by atoms with van der Waals surface area (Å²) in [5.74, 6) is -6.09. The predicted molar refractivity (Wildman–Crippen MR) is 515 cm³/mol. The highest BCUT2D eigenvalue weighted by Gasteiger charge is 2.32. The molecule has 1 aliphatic rings. The number of ether oxygens (including phenoxy) is 8. The monoisotopic (exact) mass is 1880 g/mol. The lowest BCUT2D eigenvalue weighted by molar-refractivity contribution is -0.133. The highest BCUT2D eigenvalue weighted by molar-refractivity contribution is 5.82. The van der Waals surface area contributed by atoms with Crippen molar-refractivity contribution in [2.75, 3.05) is 158 Å². The average molecular weight is 1880 g/mol. The Bertz CT molecular complexity index is 4320. The molecule has 0 saturated heterocycles. The number of carbonyl (C=O) groups excluding carboxylic acids is 8. The number of nitrogens with zero attached hydrogens (tertiary/aromatic N) is 8. The minimum absolute atomic E-state index is 0.0148. The van der Waals surface area contributed by atoms with Crippen LogP contribution in [0.1, 0.15) is 200 Å². The highest BCUT2D eigenvalue weighted by Crippen LogP contribution is 2.47. The van der Waals surface area contributed by atoms with Crippen LogP contribution in [0, 0.1) is 0 Å². The molecule has 8 N–H and O–H groups in total. The van der Waals surface area contributed by atoms with Crippen molar-refractivity contribution in [1.82, 2.24) is 39.2 Å². The molecule has 0 aromatic heterocycles. The van der Waals surface area contributed by atoms with E-state index in [1.807, 2.05) is 0 Å². The van der Waals surface area contributed by atoms with Gasteiger partial charge in [0.1, 0.15) is 92.0 Å². The zero-order valence-electron chi connectivity index (χ0n) is 81.6. The number of benzene rings is 8. The van der Waals surface area contributed by atoms with E-state index in [0.717, 1.165) is 0 Å². The third kappa shape index (κ3) is 27.3. The van der Waals surface area contributed by atoms with E-state index in [0.29, 0.717) is 105 Å². The van der Waals surface area contributed by atoms with Crippen molar-refractivity contribution in [3.63, 3.8) is 0 Å². The van der Waals surface area contributed by atoms with Gasteiger partial charge >= 0.3 is 0 Å². The molecule has 16 bridgehead atoms. The summed E-state index contributed by atoms with van der Waals surface area (Å²) in [4.78, 5) is 128. The molecule has 32 heteroatoms. The van der Waals surface area contributed by atoms with Gasteiger partial charge in [-0.3, -0.25) is 38.4 Å². The van der Waals surface area contributed by atoms with Gasteiger partial charge in [-0.15, -0.1) is 0 Å². The Hall–Kier alpha value is -13.7. The molecule has 0 aliphatic heterocycles. The molecule has 0 saturated carbocycles. The van der Waals surface area contributed by atoms with Gasteiger partial charge in [0.2, 0.25) is 0 Å². The van der Waals surface area contributed by atoms with E-state index in [1.54, 1.807) is 150 Å². The molecule has 0 atom stereocenters. The van der Waals surface area contributed by atoms with Gasteiger partial charge in [-0.1, -0.05) is 0 Å². The van der Waals surface area contributed by atoms with Gasteiger partial charge in [0, 0.05) is 245 Å². The maximum absolute atomic E-state index is 14.4. The highest BCUT2D eigenvalue weighted by atomic mass is 16.5. The van der Waals surface area contributed by atoms with E-state index >= 15 is 0 Å². The van der Waals surface area contributed by atoms with Crippen molar-refractivity contribution in [2.45, 2.75) is 162 Å². The normalized spacial score (nSPS) is 11.9. The number of hydrogen-bond donors (Lipinski definition) is 8. The molecule has 0 radical (unpaired) electrons. The molecule has 8 aromatic carbocycles. The minimum Gasteiger partial charge on any atom is -0.508 e. The molecule has 8 amide bonds. The van der Waals surface area contributed by atoms with Crippen molar-refractivity contribution >= 4 is 47.3 Å². The summed E-state index contributed by atoms with van der Waals surface area (Å²) < 4.78 is 54.3. The Morgan fingerprint density at radius 1 is 0.169 bits per heavy atom. The van der Waals surface area contributed by atoms with Crippen LogP contribution in [0.3, 0.4) is 0 Å². The Kier molecular flexibility index (Phi) is 39.4. The van der Waals surface area contributed by atoms with Crippen LogP contribution >= 0.6 is 0 Å². The largest absolute Gasteiger partial charge is 0.508 e. The maximum atomic E-state index is 14.4. The van der Waals surface area contributed by atoms with Gasteiger partial charge in [0.25, 0.3) is 47.3 Å². The van der Waals surface area contributed by atoms with Crippen LogP contribution in [-0.2, 0) is 89.7 Å². The first-order valence-electron chi connectivity index (χ1n) is 47.2. The predicted octanol–water partition coefficient (Wildman–Crippen LogP) is 12.3. The van der Waals surface area contributed by atoms with E-state index < -0.39 is 100 Å². The van der Waals surface area contributed by atoms with E-state index in [4.69, 9.17) is 37.9 Å². The van der Waals surface area contributed by atoms with Crippen molar-refractivity contribution in [1.29, 1.82) is 0 Å². The Labute approximate surface area is 797 Å². The molecule has 136 heavy (non-hydrogen) atoms. The molecule has 0 heterocycles. The zero-order valence-corrected chi connectivity index (χ0v) is 81.6.